The number of amides is 1. The molecule has 0 saturated heterocycles. The second kappa shape index (κ2) is 7.80. The molecule has 0 aliphatic heterocycles. The smallest absolute Gasteiger partial charge is 0.219 e. The normalized spacial score (nSPS) is 12.6. The lowest BCUT2D eigenvalue weighted by molar-refractivity contribution is -0.130. The lowest BCUT2D eigenvalue weighted by atomic mass is 10.2. The van der Waals surface area contributed by atoms with Crippen LogP contribution in [0.5, 0.6) is 0 Å². The Balaban J connectivity index is 4.00. The molecule has 0 saturated carbocycles. The summed E-state index contributed by atoms with van der Waals surface area (Å²) in [6, 6.07) is 0. The maximum absolute atomic E-state index is 11.3. The van der Waals surface area contributed by atoms with Gasteiger partial charge >= 0.3 is 0 Å². The van der Waals surface area contributed by atoms with Crippen molar-refractivity contribution in [2.45, 2.75) is 46.1 Å². The third-order valence-corrected chi connectivity index (χ3v) is 2.44. The van der Waals surface area contributed by atoms with Gasteiger partial charge in [-0.25, -0.2) is 0 Å². The van der Waals surface area contributed by atoms with Crippen molar-refractivity contribution in [3.63, 3.8) is 0 Å². The molecule has 0 aromatic carbocycles. The van der Waals surface area contributed by atoms with Crippen LogP contribution < -0.4 is 0 Å². The molecule has 0 aliphatic carbocycles. The maximum atomic E-state index is 11.3. The molecule has 0 heterocycles. The van der Waals surface area contributed by atoms with Crippen molar-refractivity contribution in [3.8, 4) is 0 Å². The van der Waals surface area contributed by atoms with Crippen LogP contribution >= 0.6 is 0 Å². The fraction of sp³-hybridized carbons (Fsp3) is 0.909. The highest BCUT2D eigenvalue weighted by atomic mass is 16.5. The first-order valence-electron chi connectivity index (χ1n) is 5.43. The van der Waals surface area contributed by atoms with Crippen LogP contribution in [0, 0.1) is 0 Å². The van der Waals surface area contributed by atoms with Gasteiger partial charge in [0, 0.05) is 27.1 Å². The molecule has 0 fully saturated rings. The number of methoxy groups -OCH3 is 1. The Morgan fingerprint density at radius 2 is 2.07 bits per heavy atom. The van der Waals surface area contributed by atoms with Gasteiger partial charge in [-0.05, 0) is 12.8 Å². The Labute approximate surface area is 87.4 Å². The molecule has 1 unspecified atom stereocenters. The Bertz CT molecular complexity index is 155. The Morgan fingerprint density at radius 3 is 2.43 bits per heavy atom. The average Bonchev–Trinajstić information content (AvgIpc) is 2.18. The van der Waals surface area contributed by atoms with Gasteiger partial charge in [0.15, 0.2) is 0 Å². The fourth-order valence-electron chi connectivity index (χ4n) is 1.34. The van der Waals surface area contributed by atoms with E-state index in [2.05, 4.69) is 13.8 Å². The van der Waals surface area contributed by atoms with E-state index in [1.165, 1.54) is 0 Å². The topological polar surface area (TPSA) is 29.5 Å². The van der Waals surface area contributed by atoms with Crippen LogP contribution in [0.3, 0.4) is 0 Å². The van der Waals surface area contributed by atoms with Gasteiger partial charge in [0.2, 0.25) is 5.91 Å². The lowest BCUT2D eigenvalue weighted by Gasteiger charge is -2.25. The molecule has 1 amide bonds. The Kier molecular flexibility index (Phi) is 7.48. The summed E-state index contributed by atoms with van der Waals surface area (Å²) in [5, 5.41) is 0. The average molecular weight is 201 g/mol. The number of ether oxygens (including phenoxy) is 1. The van der Waals surface area contributed by atoms with Crippen molar-refractivity contribution >= 4 is 5.91 Å². The summed E-state index contributed by atoms with van der Waals surface area (Å²) in [4.78, 5) is 13.2. The maximum Gasteiger partial charge on any atom is 0.219 e. The summed E-state index contributed by atoms with van der Waals surface area (Å²) < 4.78 is 5.27. The van der Waals surface area contributed by atoms with E-state index in [1.807, 2.05) is 4.90 Å². The molecule has 0 aromatic heterocycles. The number of hydrogen-bond acceptors (Lipinski definition) is 2. The van der Waals surface area contributed by atoms with Crippen molar-refractivity contribution in [2.24, 2.45) is 0 Å². The third kappa shape index (κ3) is 5.22. The van der Waals surface area contributed by atoms with Crippen molar-refractivity contribution in [1.29, 1.82) is 0 Å². The zero-order chi connectivity index (χ0) is 11.0. The van der Waals surface area contributed by atoms with Crippen molar-refractivity contribution in [2.75, 3.05) is 20.2 Å². The number of carbonyl (C=O) groups excluding carboxylic acids is 1. The van der Waals surface area contributed by atoms with E-state index in [9.17, 15) is 4.79 Å². The molecule has 0 bridgehead atoms. The zero-order valence-electron chi connectivity index (χ0n) is 9.88. The second-order valence-electron chi connectivity index (χ2n) is 3.58. The molecular weight excluding hydrogens is 178 g/mol. The number of nitrogens with zero attached hydrogens (tertiary/aromatic N) is 1. The van der Waals surface area contributed by atoms with E-state index < -0.39 is 0 Å². The highest BCUT2D eigenvalue weighted by Gasteiger charge is 2.13. The van der Waals surface area contributed by atoms with E-state index in [0.717, 1.165) is 32.4 Å². The summed E-state index contributed by atoms with van der Waals surface area (Å²) in [7, 11) is 1.70. The molecule has 0 spiro atoms. The minimum absolute atomic E-state index is 0.147. The first-order valence-corrected chi connectivity index (χ1v) is 5.43. The molecule has 0 N–H and O–H groups in total. The molecule has 0 rings (SSSR count). The molecule has 0 aliphatic rings. The molecule has 3 heteroatoms. The van der Waals surface area contributed by atoms with E-state index in [1.54, 1.807) is 14.0 Å². The first kappa shape index (κ1) is 13.4. The lowest BCUT2D eigenvalue weighted by Crippen LogP contribution is -2.37. The summed E-state index contributed by atoms with van der Waals surface area (Å²) in [6.45, 7) is 7.41. The second-order valence-corrected chi connectivity index (χ2v) is 3.58. The van der Waals surface area contributed by atoms with Gasteiger partial charge in [-0.2, -0.15) is 0 Å². The summed E-state index contributed by atoms with van der Waals surface area (Å²) in [6.07, 6.45) is 3.32. The van der Waals surface area contributed by atoms with Crippen molar-refractivity contribution < 1.29 is 9.53 Å². The van der Waals surface area contributed by atoms with Gasteiger partial charge in [-0.1, -0.05) is 20.3 Å². The SMILES string of the molecule is CCCCN(CC(CC)OC)C(C)=O. The van der Waals surface area contributed by atoms with Crippen LogP contribution in [0.2, 0.25) is 0 Å². The number of unbranched alkanes of at least 4 members (excludes halogenated alkanes) is 1. The van der Waals surface area contributed by atoms with Crippen LogP contribution in [0.15, 0.2) is 0 Å². The minimum Gasteiger partial charge on any atom is -0.380 e. The predicted molar refractivity (Wildman–Crippen MR) is 58.3 cm³/mol. The minimum atomic E-state index is 0.147. The van der Waals surface area contributed by atoms with E-state index >= 15 is 0 Å². The quantitative estimate of drug-likeness (QED) is 0.631. The fourth-order valence-corrected chi connectivity index (χ4v) is 1.34. The summed E-state index contributed by atoms with van der Waals surface area (Å²) in [5.74, 6) is 0.147. The summed E-state index contributed by atoms with van der Waals surface area (Å²) in [5.41, 5.74) is 0. The monoisotopic (exact) mass is 201 g/mol. The molecular formula is C11H23NO2. The number of rotatable bonds is 7. The highest BCUT2D eigenvalue weighted by Crippen LogP contribution is 2.03. The Hall–Kier alpha value is -0.570. The molecule has 14 heavy (non-hydrogen) atoms. The predicted octanol–water partition coefficient (Wildman–Crippen LogP) is 2.06. The van der Waals surface area contributed by atoms with Gasteiger partial charge < -0.3 is 9.64 Å². The van der Waals surface area contributed by atoms with E-state index in [-0.39, 0.29) is 12.0 Å². The van der Waals surface area contributed by atoms with Gasteiger partial charge in [0.05, 0.1) is 6.10 Å². The standard InChI is InChI=1S/C11H23NO2/c1-5-7-8-12(10(3)13)9-11(6-2)14-4/h11H,5-9H2,1-4H3. The summed E-state index contributed by atoms with van der Waals surface area (Å²) >= 11 is 0. The van der Waals surface area contributed by atoms with Crippen LogP contribution in [-0.4, -0.2) is 37.1 Å². The zero-order valence-corrected chi connectivity index (χ0v) is 9.88. The Morgan fingerprint density at radius 1 is 1.43 bits per heavy atom. The van der Waals surface area contributed by atoms with Gasteiger partial charge in [-0.15, -0.1) is 0 Å². The van der Waals surface area contributed by atoms with Crippen LogP contribution in [0.4, 0.5) is 0 Å². The van der Waals surface area contributed by atoms with Gasteiger partial charge in [-0.3, -0.25) is 4.79 Å². The van der Waals surface area contributed by atoms with Crippen LogP contribution in [0.1, 0.15) is 40.0 Å². The third-order valence-electron chi connectivity index (χ3n) is 2.44. The first-order chi connectivity index (χ1) is 6.65. The van der Waals surface area contributed by atoms with E-state index in [4.69, 9.17) is 4.74 Å². The van der Waals surface area contributed by atoms with E-state index in [0.29, 0.717) is 0 Å². The van der Waals surface area contributed by atoms with Gasteiger partial charge in [0.1, 0.15) is 0 Å². The largest absolute Gasteiger partial charge is 0.380 e. The van der Waals surface area contributed by atoms with Gasteiger partial charge in [0.25, 0.3) is 0 Å². The number of carbonyl (C=O) groups is 1. The van der Waals surface area contributed by atoms with Crippen LogP contribution in [0.25, 0.3) is 0 Å². The van der Waals surface area contributed by atoms with Crippen molar-refractivity contribution in [1.82, 2.24) is 4.90 Å². The highest BCUT2D eigenvalue weighted by molar-refractivity contribution is 5.73. The molecule has 0 aromatic rings. The van der Waals surface area contributed by atoms with Crippen LogP contribution in [-0.2, 0) is 9.53 Å². The number of hydrogen-bond donors (Lipinski definition) is 0. The molecule has 84 valence electrons. The van der Waals surface area contributed by atoms with Crippen molar-refractivity contribution in [3.05, 3.63) is 0 Å². The molecule has 1 atom stereocenters. The molecule has 0 radical (unpaired) electrons. The molecule has 3 nitrogen and oxygen atoms in total.